The maximum Gasteiger partial charge on any atom is 0.357 e. The predicted octanol–water partition coefficient (Wildman–Crippen LogP) is 4.33. The first-order chi connectivity index (χ1) is 19.1. The number of hydrogen-bond donors (Lipinski definition) is 1. The Labute approximate surface area is 235 Å². The van der Waals surface area contributed by atoms with Crippen molar-refractivity contribution in [1.29, 1.82) is 0 Å². The minimum atomic E-state index is -0.663. The monoisotopic (exact) mass is 559 g/mol. The number of esters is 1. The van der Waals surface area contributed by atoms with Crippen molar-refractivity contribution in [3.8, 4) is 0 Å². The molecule has 7 nitrogen and oxygen atoms in total. The Morgan fingerprint density at radius 2 is 1.62 bits per heavy atom. The van der Waals surface area contributed by atoms with Crippen molar-refractivity contribution in [1.82, 2.24) is 15.1 Å². The second-order valence-corrected chi connectivity index (χ2v) is 11.9. The minimum Gasteiger partial charge on any atom is -0.448 e. The molecule has 1 aromatic heterocycles. The van der Waals surface area contributed by atoms with E-state index in [-0.39, 0.29) is 23.6 Å². The van der Waals surface area contributed by atoms with Crippen LogP contribution in [0.25, 0.3) is 0 Å². The molecule has 1 unspecified atom stereocenters. The van der Waals surface area contributed by atoms with Crippen molar-refractivity contribution in [3.63, 3.8) is 0 Å². The Bertz CT molecular complexity index is 1330. The first kappa shape index (κ1) is 25.7. The molecule has 6 rings (SSSR count). The molecule has 2 atom stereocenters. The Balaban J connectivity index is 1.27. The number of nitrogens with one attached hydrogen (secondary N) is 1. The highest BCUT2D eigenvalue weighted by molar-refractivity contribution is 8.00. The fourth-order valence-corrected chi connectivity index (χ4v) is 7.45. The summed E-state index contributed by atoms with van der Waals surface area (Å²) in [6.07, 6.45) is 1.72. The average molecular weight is 560 g/mol. The summed E-state index contributed by atoms with van der Waals surface area (Å²) in [7, 11) is 0. The maximum absolute atomic E-state index is 14.0. The number of fused-ring (bicyclic) bond motifs is 1. The Morgan fingerprint density at radius 3 is 2.23 bits per heavy atom. The highest BCUT2D eigenvalue weighted by Gasteiger charge is 2.55. The molecule has 2 amide bonds. The summed E-state index contributed by atoms with van der Waals surface area (Å²) in [5.74, 6) is -0.400. The molecule has 2 fully saturated rings. The number of carbonyl (C=O) groups excluding carboxylic acids is 3. The normalized spacial score (nSPS) is 20.6. The van der Waals surface area contributed by atoms with Crippen LogP contribution in [0.15, 0.2) is 89.6 Å². The third-order valence-corrected chi connectivity index (χ3v) is 9.43. The van der Waals surface area contributed by atoms with Crippen molar-refractivity contribution in [3.05, 3.63) is 106 Å². The van der Waals surface area contributed by atoms with E-state index < -0.39 is 18.1 Å². The predicted molar refractivity (Wildman–Crippen MR) is 152 cm³/mol. The van der Waals surface area contributed by atoms with Gasteiger partial charge >= 0.3 is 5.97 Å². The summed E-state index contributed by atoms with van der Waals surface area (Å²) in [6, 6.07) is 22.4. The van der Waals surface area contributed by atoms with Gasteiger partial charge in [-0.25, -0.2) is 4.79 Å². The lowest BCUT2D eigenvalue weighted by molar-refractivity contribution is -0.155. The number of ether oxygens (including phenoxy) is 1. The van der Waals surface area contributed by atoms with Crippen LogP contribution >= 0.6 is 23.1 Å². The molecule has 0 bridgehead atoms. The van der Waals surface area contributed by atoms with Gasteiger partial charge in [-0.3, -0.25) is 14.5 Å². The number of β-lactam (4-membered cyclic amide) rings is 1. The fraction of sp³-hybridized carbons (Fsp3) is 0.300. The number of thiophene rings is 1. The smallest absolute Gasteiger partial charge is 0.357 e. The van der Waals surface area contributed by atoms with E-state index in [9.17, 15) is 14.4 Å². The molecule has 3 aliphatic rings. The Kier molecular flexibility index (Phi) is 7.43. The Morgan fingerprint density at radius 1 is 0.949 bits per heavy atom. The molecule has 2 saturated heterocycles. The van der Waals surface area contributed by atoms with Gasteiger partial charge < -0.3 is 15.0 Å². The zero-order valence-electron chi connectivity index (χ0n) is 21.3. The van der Waals surface area contributed by atoms with Gasteiger partial charge in [-0.2, -0.15) is 0 Å². The van der Waals surface area contributed by atoms with Gasteiger partial charge in [0.2, 0.25) is 5.91 Å². The van der Waals surface area contributed by atoms with E-state index in [0.29, 0.717) is 11.4 Å². The van der Waals surface area contributed by atoms with Crippen molar-refractivity contribution < 1.29 is 19.1 Å². The first-order valence-corrected chi connectivity index (χ1v) is 15.1. The molecular formula is C30H29N3O4S2. The minimum absolute atomic E-state index is 0.192. The number of nitrogens with zero attached hydrogens (tertiary/aromatic N) is 2. The van der Waals surface area contributed by atoms with Gasteiger partial charge in [0.1, 0.15) is 11.4 Å². The summed E-state index contributed by atoms with van der Waals surface area (Å²) in [5.41, 5.74) is 2.87. The summed E-state index contributed by atoms with van der Waals surface area (Å²) >= 11 is 3.10. The molecule has 0 saturated carbocycles. The molecule has 0 spiro atoms. The maximum atomic E-state index is 14.0. The number of carbonyl (C=O) groups is 3. The van der Waals surface area contributed by atoms with Crippen LogP contribution in [-0.2, 0) is 25.5 Å². The van der Waals surface area contributed by atoms with Gasteiger partial charge in [0.25, 0.3) is 5.91 Å². The lowest BCUT2D eigenvalue weighted by Crippen LogP contribution is -2.71. The first-order valence-electron chi connectivity index (χ1n) is 13.2. The summed E-state index contributed by atoms with van der Waals surface area (Å²) < 4.78 is 6.23. The quantitative estimate of drug-likeness (QED) is 0.327. The number of hydrogen-bond acceptors (Lipinski definition) is 7. The summed E-state index contributed by atoms with van der Waals surface area (Å²) in [5, 5.41) is 4.49. The zero-order valence-corrected chi connectivity index (χ0v) is 23.0. The number of benzene rings is 2. The van der Waals surface area contributed by atoms with Crippen molar-refractivity contribution in [2.75, 3.05) is 18.8 Å². The van der Waals surface area contributed by atoms with E-state index in [0.717, 1.165) is 47.6 Å². The van der Waals surface area contributed by atoms with Crippen molar-refractivity contribution in [2.24, 2.45) is 0 Å². The number of thioether (sulfide) groups is 1. The largest absolute Gasteiger partial charge is 0.448 e. The van der Waals surface area contributed by atoms with Crippen LogP contribution in [0.5, 0.6) is 0 Å². The molecule has 0 radical (unpaired) electrons. The van der Waals surface area contributed by atoms with Crippen LogP contribution in [0.4, 0.5) is 0 Å². The van der Waals surface area contributed by atoms with E-state index in [1.54, 1.807) is 16.7 Å². The fourth-order valence-electron chi connectivity index (χ4n) is 5.36. The summed E-state index contributed by atoms with van der Waals surface area (Å²) in [6.45, 7) is 1.70. The van der Waals surface area contributed by atoms with Gasteiger partial charge in [0.15, 0.2) is 11.8 Å². The van der Waals surface area contributed by atoms with E-state index in [1.165, 1.54) is 11.3 Å². The van der Waals surface area contributed by atoms with Crippen LogP contribution in [0.1, 0.15) is 34.9 Å². The highest BCUT2D eigenvalue weighted by atomic mass is 32.2. The van der Waals surface area contributed by atoms with Crippen LogP contribution in [-0.4, -0.2) is 57.8 Å². The third kappa shape index (κ3) is 5.21. The van der Waals surface area contributed by atoms with Gasteiger partial charge in [-0.15, -0.1) is 23.1 Å². The van der Waals surface area contributed by atoms with Crippen LogP contribution in [0, 0.1) is 0 Å². The van der Waals surface area contributed by atoms with Gasteiger partial charge in [0.05, 0.1) is 12.1 Å². The van der Waals surface area contributed by atoms with E-state index >= 15 is 0 Å². The standard InChI is InChI=1S/C30H29N3O4S2/c34-24(18-22-14-9-17-38-22)31-25-28(35)33-26(23(19-39-29(25)33)32-15-7-8-16-32)30(36)37-27(20-10-3-1-4-11-20)21-12-5-2-6-13-21/h1-6,9-14,17,25,27,29H,7-8,15-16,18-19H2,(H,31,34)/t25?,29-/m1/s1. The number of amides is 2. The molecule has 2 aromatic carbocycles. The lowest BCUT2D eigenvalue weighted by Gasteiger charge is -2.50. The molecule has 1 N–H and O–H groups in total. The summed E-state index contributed by atoms with van der Waals surface area (Å²) in [4.78, 5) is 44.9. The van der Waals surface area contributed by atoms with Gasteiger partial charge in [-0.1, -0.05) is 66.7 Å². The van der Waals surface area contributed by atoms with Crippen molar-refractivity contribution in [2.45, 2.75) is 36.8 Å². The van der Waals surface area contributed by atoms with Crippen LogP contribution in [0.2, 0.25) is 0 Å². The van der Waals surface area contributed by atoms with E-state index in [2.05, 4.69) is 10.2 Å². The number of likely N-dealkylation sites (tertiary alicyclic amines) is 1. The average Bonchev–Trinajstić information content (AvgIpc) is 3.70. The molecule has 39 heavy (non-hydrogen) atoms. The molecule has 0 aliphatic carbocycles. The van der Waals surface area contributed by atoms with Gasteiger partial charge in [-0.05, 0) is 35.4 Å². The SMILES string of the molecule is O=C(Cc1cccs1)NC1C(=O)N2C(C(=O)OC(c3ccccc3)c3ccccc3)=C(N3CCCC3)CS[C@H]12. The number of rotatable bonds is 8. The molecule has 3 aromatic rings. The van der Waals surface area contributed by atoms with Crippen LogP contribution in [0.3, 0.4) is 0 Å². The molecular weight excluding hydrogens is 530 g/mol. The second-order valence-electron chi connectivity index (χ2n) is 9.81. The molecule has 200 valence electrons. The third-order valence-electron chi connectivity index (χ3n) is 7.29. The van der Waals surface area contributed by atoms with E-state index in [1.807, 2.05) is 78.2 Å². The van der Waals surface area contributed by atoms with E-state index in [4.69, 9.17) is 4.74 Å². The van der Waals surface area contributed by atoms with Crippen molar-refractivity contribution >= 4 is 40.9 Å². The molecule has 4 heterocycles. The highest BCUT2D eigenvalue weighted by Crippen LogP contribution is 2.43. The second kappa shape index (κ2) is 11.3. The molecule has 3 aliphatic heterocycles. The Hall–Kier alpha value is -3.56. The molecule has 9 heteroatoms. The zero-order chi connectivity index (χ0) is 26.8. The topological polar surface area (TPSA) is 79.0 Å². The van der Waals surface area contributed by atoms with Crippen LogP contribution < -0.4 is 5.32 Å². The van der Waals surface area contributed by atoms with Gasteiger partial charge in [0, 0.05) is 23.7 Å². The lowest BCUT2D eigenvalue weighted by atomic mass is 10.0.